The molecule has 0 aromatic carbocycles. The van der Waals surface area contributed by atoms with E-state index in [2.05, 4.69) is 10.3 Å². The summed E-state index contributed by atoms with van der Waals surface area (Å²) >= 11 is 1.16. The van der Waals surface area contributed by atoms with E-state index in [-0.39, 0.29) is 17.8 Å². The molecule has 1 fully saturated rings. The Morgan fingerprint density at radius 1 is 1.56 bits per heavy atom. The monoisotopic (exact) mass is 268 g/mol. The molecule has 18 heavy (non-hydrogen) atoms. The second-order valence-electron chi connectivity index (χ2n) is 4.46. The molecule has 2 rings (SSSR count). The van der Waals surface area contributed by atoms with Crippen molar-refractivity contribution in [3.8, 4) is 0 Å². The van der Waals surface area contributed by atoms with Crippen molar-refractivity contribution in [2.45, 2.75) is 27.2 Å². The average Bonchev–Trinajstić information content (AvgIpc) is 2.92. The Bertz CT molecular complexity index is 484. The largest absolute Gasteiger partial charge is 0.462 e. The Kier molecular flexibility index (Phi) is 3.65. The maximum Gasteiger partial charge on any atom is 0.350 e. The molecule has 0 unspecified atom stereocenters. The van der Waals surface area contributed by atoms with Gasteiger partial charge in [0, 0.05) is 5.92 Å². The molecule has 1 aliphatic carbocycles. The van der Waals surface area contributed by atoms with Crippen LogP contribution in [0.25, 0.3) is 0 Å². The number of aromatic nitrogens is 1. The van der Waals surface area contributed by atoms with Crippen molar-refractivity contribution in [2.24, 2.45) is 11.8 Å². The lowest BCUT2D eigenvalue weighted by Crippen LogP contribution is -2.14. The number of amides is 1. The lowest BCUT2D eigenvalue weighted by molar-refractivity contribution is -0.117. The molecule has 1 aromatic heterocycles. The number of anilines is 1. The van der Waals surface area contributed by atoms with Crippen molar-refractivity contribution in [3.63, 3.8) is 0 Å². The summed E-state index contributed by atoms with van der Waals surface area (Å²) < 4.78 is 4.92. The highest BCUT2D eigenvalue weighted by Crippen LogP contribution is 2.38. The molecule has 0 saturated heterocycles. The van der Waals surface area contributed by atoms with Gasteiger partial charge in [0.05, 0.1) is 12.3 Å². The first kappa shape index (κ1) is 13.0. The molecule has 1 aromatic rings. The van der Waals surface area contributed by atoms with Gasteiger partial charge in [0.2, 0.25) is 5.91 Å². The minimum Gasteiger partial charge on any atom is -0.462 e. The third-order valence-corrected chi connectivity index (χ3v) is 3.99. The van der Waals surface area contributed by atoms with Gasteiger partial charge < -0.3 is 10.1 Å². The molecule has 1 aliphatic rings. The van der Waals surface area contributed by atoms with E-state index in [1.807, 2.05) is 6.92 Å². The van der Waals surface area contributed by atoms with Crippen molar-refractivity contribution in [1.29, 1.82) is 0 Å². The quantitative estimate of drug-likeness (QED) is 0.850. The lowest BCUT2D eigenvalue weighted by atomic mass is 10.3. The van der Waals surface area contributed by atoms with Crippen LogP contribution in [0.1, 0.15) is 35.6 Å². The number of nitrogens with zero attached hydrogens (tertiary/aromatic N) is 1. The van der Waals surface area contributed by atoms with Crippen molar-refractivity contribution in [2.75, 3.05) is 11.9 Å². The lowest BCUT2D eigenvalue weighted by Gasteiger charge is -1.98. The zero-order valence-electron chi connectivity index (χ0n) is 10.6. The second kappa shape index (κ2) is 5.06. The minimum atomic E-state index is -0.382. The fourth-order valence-corrected chi connectivity index (χ4v) is 2.58. The molecular weight excluding hydrogens is 252 g/mol. The van der Waals surface area contributed by atoms with E-state index in [1.54, 1.807) is 13.8 Å². The molecule has 6 heteroatoms. The molecule has 1 saturated carbocycles. The number of carbonyl (C=O) groups is 2. The predicted molar refractivity (Wildman–Crippen MR) is 68.7 cm³/mol. The molecule has 1 amide bonds. The third kappa shape index (κ3) is 2.69. The molecule has 0 bridgehead atoms. The van der Waals surface area contributed by atoms with Gasteiger partial charge in [-0.2, -0.15) is 0 Å². The Hall–Kier alpha value is -1.43. The van der Waals surface area contributed by atoms with Gasteiger partial charge in [0.25, 0.3) is 0 Å². The number of hydrogen-bond donors (Lipinski definition) is 1. The van der Waals surface area contributed by atoms with Crippen LogP contribution < -0.4 is 5.32 Å². The van der Waals surface area contributed by atoms with Gasteiger partial charge in [-0.1, -0.05) is 18.3 Å². The molecule has 0 aliphatic heterocycles. The summed E-state index contributed by atoms with van der Waals surface area (Å²) in [5.74, 6) is 0.162. The highest BCUT2D eigenvalue weighted by molar-refractivity contribution is 7.17. The van der Waals surface area contributed by atoms with Crippen molar-refractivity contribution in [1.82, 2.24) is 4.98 Å². The second-order valence-corrected chi connectivity index (χ2v) is 5.46. The number of esters is 1. The van der Waals surface area contributed by atoms with Gasteiger partial charge in [-0.15, -0.1) is 0 Å². The Balaban J connectivity index is 2.04. The number of ether oxygens (including phenoxy) is 1. The number of aryl methyl sites for hydroxylation is 1. The Morgan fingerprint density at radius 2 is 2.22 bits per heavy atom. The van der Waals surface area contributed by atoms with Gasteiger partial charge in [0.15, 0.2) is 5.13 Å². The first-order valence-corrected chi connectivity index (χ1v) is 6.80. The molecule has 1 N–H and O–H groups in total. The van der Waals surface area contributed by atoms with Crippen LogP contribution in [0.15, 0.2) is 0 Å². The molecule has 1 heterocycles. The highest BCUT2D eigenvalue weighted by atomic mass is 32.1. The minimum absolute atomic E-state index is 0.00772. The zero-order chi connectivity index (χ0) is 13.3. The van der Waals surface area contributed by atoms with E-state index in [9.17, 15) is 9.59 Å². The maximum absolute atomic E-state index is 11.7. The first-order chi connectivity index (χ1) is 8.52. The molecular formula is C12H16N2O3S. The van der Waals surface area contributed by atoms with Crippen LogP contribution in [0, 0.1) is 18.8 Å². The summed E-state index contributed by atoms with van der Waals surface area (Å²) in [7, 11) is 0. The summed E-state index contributed by atoms with van der Waals surface area (Å²) in [5, 5.41) is 3.23. The van der Waals surface area contributed by atoms with E-state index in [0.29, 0.717) is 28.2 Å². The summed E-state index contributed by atoms with van der Waals surface area (Å²) in [6.07, 6.45) is 0.931. The van der Waals surface area contributed by atoms with Crippen LogP contribution >= 0.6 is 11.3 Å². The Labute approximate surface area is 110 Å². The number of rotatable bonds is 4. The van der Waals surface area contributed by atoms with Crippen LogP contribution in [-0.4, -0.2) is 23.5 Å². The summed E-state index contributed by atoms with van der Waals surface area (Å²) in [6.45, 7) is 5.86. The van der Waals surface area contributed by atoms with Crippen LogP contribution in [-0.2, 0) is 9.53 Å². The van der Waals surface area contributed by atoms with Gasteiger partial charge >= 0.3 is 5.97 Å². The van der Waals surface area contributed by atoms with Crippen LogP contribution in [0.2, 0.25) is 0 Å². The third-order valence-electron chi connectivity index (χ3n) is 2.93. The van der Waals surface area contributed by atoms with Crippen molar-refractivity contribution >= 4 is 28.3 Å². The van der Waals surface area contributed by atoms with Gasteiger partial charge in [0.1, 0.15) is 4.88 Å². The summed E-state index contributed by atoms with van der Waals surface area (Å²) in [6, 6.07) is 0. The number of hydrogen-bond acceptors (Lipinski definition) is 5. The van der Waals surface area contributed by atoms with Gasteiger partial charge in [-0.05, 0) is 26.2 Å². The molecule has 0 radical (unpaired) electrons. The van der Waals surface area contributed by atoms with Crippen LogP contribution in [0.3, 0.4) is 0 Å². The zero-order valence-corrected chi connectivity index (χ0v) is 11.5. The Morgan fingerprint density at radius 3 is 2.78 bits per heavy atom. The van der Waals surface area contributed by atoms with E-state index < -0.39 is 0 Å². The van der Waals surface area contributed by atoms with Crippen molar-refractivity contribution in [3.05, 3.63) is 10.6 Å². The van der Waals surface area contributed by atoms with Crippen LogP contribution in [0.4, 0.5) is 5.13 Å². The van der Waals surface area contributed by atoms with Gasteiger partial charge in [-0.3, -0.25) is 4.79 Å². The smallest absolute Gasteiger partial charge is 0.350 e. The summed E-state index contributed by atoms with van der Waals surface area (Å²) in [4.78, 5) is 28.0. The average molecular weight is 268 g/mol. The van der Waals surface area contributed by atoms with Gasteiger partial charge in [-0.25, -0.2) is 9.78 Å². The molecule has 0 spiro atoms. The van der Waals surface area contributed by atoms with E-state index in [4.69, 9.17) is 4.74 Å². The molecule has 98 valence electrons. The van der Waals surface area contributed by atoms with E-state index >= 15 is 0 Å². The van der Waals surface area contributed by atoms with E-state index in [0.717, 1.165) is 17.8 Å². The summed E-state index contributed by atoms with van der Waals surface area (Å²) in [5.41, 5.74) is 0.595. The highest BCUT2D eigenvalue weighted by Gasteiger charge is 2.39. The van der Waals surface area contributed by atoms with Crippen molar-refractivity contribution < 1.29 is 14.3 Å². The number of nitrogens with one attached hydrogen (secondary N) is 1. The van der Waals surface area contributed by atoms with Crippen LogP contribution in [0.5, 0.6) is 0 Å². The standard InChI is InChI=1S/C12H16N2O3S/c1-4-17-11(16)9-7(3)13-12(18-9)14-10(15)8-5-6(8)2/h6,8H,4-5H2,1-3H3,(H,13,14,15)/t6-,8+/m0/s1. The fourth-order valence-electron chi connectivity index (χ4n) is 1.72. The molecule has 2 atom stereocenters. The maximum atomic E-state index is 11.7. The number of carbonyl (C=O) groups excluding carboxylic acids is 2. The molecule has 5 nitrogen and oxygen atoms in total. The first-order valence-electron chi connectivity index (χ1n) is 5.98. The fraction of sp³-hybridized carbons (Fsp3) is 0.583. The SMILES string of the molecule is CCOC(=O)c1sc(NC(=O)[C@@H]2C[C@@H]2C)nc1C. The van der Waals surface area contributed by atoms with E-state index in [1.165, 1.54) is 0 Å². The predicted octanol–water partition coefficient (Wildman–Crippen LogP) is 2.22. The number of thiazole rings is 1. The normalized spacial score (nSPS) is 21.5. The topological polar surface area (TPSA) is 68.3 Å².